The lowest BCUT2D eigenvalue weighted by Gasteiger charge is -2.12. The van der Waals surface area contributed by atoms with E-state index in [1.165, 1.54) is 16.7 Å². The fourth-order valence-corrected chi connectivity index (χ4v) is 2.79. The van der Waals surface area contributed by atoms with Crippen molar-refractivity contribution in [2.45, 2.75) is 18.7 Å². The zero-order valence-corrected chi connectivity index (χ0v) is 12.0. The Kier molecular flexibility index (Phi) is 4.25. The first-order valence-electron chi connectivity index (χ1n) is 5.61. The number of rotatable bonds is 3. The van der Waals surface area contributed by atoms with Gasteiger partial charge in [0.05, 0.1) is 5.38 Å². The van der Waals surface area contributed by atoms with Gasteiger partial charge in [-0.05, 0) is 42.2 Å². The molecule has 0 aromatic heterocycles. The van der Waals surface area contributed by atoms with Crippen molar-refractivity contribution in [3.05, 3.63) is 69.7 Å². The molecule has 88 valence electrons. The molecule has 0 radical (unpaired) electrons. The van der Waals surface area contributed by atoms with Crippen LogP contribution in [0.4, 0.5) is 0 Å². The SMILES string of the molecule is Cc1ccccc1C(Cl)Cc1cccc(Br)c1. The average Bonchev–Trinajstić information content (AvgIpc) is 2.29. The largest absolute Gasteiger partial charge is 0.117 e. The number of hydrogen-bond acceptors (Lipinski definition) is 0. The Morgan fingerprint density at radius 3 is 2.59 bits per heavy atom. The molecule has 1 unspecified atom stereocenters. The quantitative estimate of drug-likeness (QED) is 0.677. The number of alkyl halides is 1. The van der Waals surface area contributed by atoms with Crippen LogP contribution in [-0.2, 0) is 6.42 Å². The lowest BCUT2D eigenvalue weighted by molar-refractivity contribution is 0.909. The topological polar surface area (TPSA) is 0 Å². The van der Waals surface area contributed by atoms with Crippen molar-refractivity contribution in [1.29, 1.82) is 0 Å². The van der Waals surface area contributed by atoms with E-state index in [0.29, 0.717) is 0 Å². The molecule has 2 aromatic rings. The van der Waals surface area contributed by atoms with Gasteiger partial charge in [0.1, 0.15) is 0 Å². The van der Waals surface area contributed by atoms with Gasteiger partial charge in [-0.25, -0.2) is 0 Å². The molecule has 0 aliphatic heterocycles. The van der Waals surface area contributed by atoms with Crippen LogP contribution >= 0.6 is 27.5 Å². The van der Waals surface area contributed by atoms with Crippen LogP contribution in [0.1, 0.15) is 22.1 Å². The Labute approximate surface area is 116 Å². The van der Waals surface area contributed by atoms with Gasteiger partial charge < -0.3 is 0 Å². The molecule has 0 nitrogen and oxygen atoms in total. The second kappa shape index (κ2) is 5.70. The minimum atomic E-state index is 0.0329. The number of halogens is 2. The van der Waals surface area contributed by atoms with Crippen LogP contribution in [0, 0.1) is 6.92 Å². The van der Waals surface area contributed by atoms with Crippen molar-refractivity contribution in [3.8, 4) is 0 Å². The summed E-state index contributed by atoms with van der Waals surface area (Å²) in [5.41, 5.74) is 3.72. The molecule has 2 aromatic carbocycles. The van der Waals surface area contributed by atoms with Gasteiger partial charge in [0, 0.05) is 4.47 Å². The molecule has 0 heterocycles. The molecule has 0 amide bonds. The minimum Gasteiger partial charge on any atom is -0.117 e. The number of benzene rings is 2. The molecule has 1 atom stereocenters. The highest BCUT2D eigenvalue weighted by atomic mass is 79.9. The summed E-state index contributed by atoms with van der Waals surface area (Å²) in [5, 5.41) is 0.0329. The van der Waals surface area contributed by atoms with Crippen LogP contribution in [0.5, 0.6) is 0 Å². The van der Waals surface area contributed by atoms with Crippen LogP contribution in [0.2, 0.25) is 0 Å². The van der Waals surface area contributed by atoms with E-state index in [2.05, 4.69) is 47.1 Å². The van der Waals surface area contributed by atoms with Crippen LogP contribution in [0.25, 0.3) is 0 Å². The van der Waals surface area contributed by atoms with Crippen LogP contribution in [-0.4, -0.2) is 0 Å². The maximum absolute atomic E-state index is 6.48. The molecule has 0 saturated heterocycles. The van der Waals surface area contributed by atoms with Gasteiger partial charge in [-0.1, -0.05) is 52.3 Å². The zero-order valence-electron chi connectivity index (χ0n) is 9.66. The summed E-state index contributed by atoms with van der Waals surface area (Å²) in [6.45, 7) is 2.10. The monoisotopic (exact) mass is 308 g/mol. The summed E-state index contributed by atoms with van der Waals surface area (Å²) in [4.78, 5) is 0. The Morgan fingerprint density at radius 2 is 1.88 bits per heavy atom. The second-order valence-electron chi connectivity index (χ2n) is 4.16. The van der Waals surface area contributed by atoms with Gasteiger partial charge in [-0.3, -0.25) is 0 Å². The third kappa shape index (κ3) is 3.34. The summed E-state index contributed by atoms with van der Waals surface area (Å²) >= 11 is 9.96. The minimum absolute atomic E-state index is 0.0329. The molecule has 17 heavy (non-hydrogen) atoms. The van der Waals surface area contributed by atoms with E-state index in [1.807, 2.05) is 24.3 Å². The summed E-state index contributed by atoms with van der Waals surface area (Å²) in [6, 6.07) is 16.6. The lowest BCUT2D eigenvalue weighted by atomic mass is 10.0. The average molecular weight is 310 g/mol. The summed E-state index contributed by atoms with van der Waals surface area (Å²) < 4.78 is 1.10. The van der Waals surface area contributed by atoms with Gasteiger partial charge in [0.25, 0.3) is 0 Å². The van der Waals surface area contributed by atoms with Crippen molar-refractivity contribution >= 4 is 27.5 Å². The molecule has 0 aliphatic rings. The van der Waals surface area contributed by atoms with E-state index in [0.717, 1.165) is 10.9 Å². The molecular formula is C15H14BrCl. The maximum Gasteiger partial charge on any atom is 0.0628 e. The van der Waals surface area contributed by atoms with Crippen LogP contribution in [0.15, 0.2) is 53.0 Å². The Hall–Kier alpha value is -0.790. The molecular weight excluding hydrogens is 296 g/mol. The molecule has 0 bridgehead atoms. The third-order valence-electron chi connectivity index (χ3n) is 2.83. The van der Waals surface area contributed by atoms with Crippen molar-refractivity contribution in [2.24, 2.45) is 0 Å². The standard InChI is InChI=1S/C15H14BrCl/c1-11-5-2-3-8-14(11)15(17)10-12-6-4-7-13(16)9-12/h2-9,15H,10H2,1H3. The Morgan fingerprint density at radius 1 is 1.12 bits per heavy atom. The highest BCUT2D eigenvalue weighted by molar-refractivity contribution is 9.10. The van der Waals surface area contributed by atoms with Crippen molar-refractivity contribution in [2.75, 3.05) is 0 Å². The molecule has 0 aliphatic carbocycles. The summed E-state index contributed by atoms with van der Waals surface area (Å²) in [6.07, 6.45) is 0.853. The van der Waals surface area contributed by atoms with E-state index in [1.54, 1.807) is 0 Å². The predicted molar refractivity (Wildman–Crippen MR) is 77.6 cm³/mol. The first-order chi connectivity index (χ1) is 8.16. The molecule has 2 heteroatoms. The van der Waals surface area contributed by atoms with Gasteiger partial charge in [-0.15, -0.1) is 11.6 Å². The van der Waals surface area contributed by atoms with E-state index < -0.39 is 0 Å². The van der Waals surface area contributed by atoms with Gasteiger partial charge in [0.2, 0.25) is 0 Å². The third-order valence-corrected chi connectivity index (χ3v) is 3.71. The number of aryl methyl sites for hydroxylation is 1. The molecule has 0 N–H and O–H groups in total. The lowest BCUT2D eigenvalue weighted by Crippen LogP contribution is -1.98. The van der Waals surface area contributed by atoms with Gasteiger partial charge in [-0.2, -0.15) is 0 Å². The number of hydrogen-bond donors (Lipinski definition) is 0. The van der Waals surface area contributed by atoms with Crippen molar-refractivity contribution in [3.63, 3.8) is 0 Å². The van der Waals surface area contributed by atoms with E-state index in [-0.39, 0.29) is 5.38 Å². The van der Waals surface area contributed by atoms with Crippen LogP contribution < -0.4 is 0 Å². The fourth-order valence-electron chi connectivity index (χ4n) is 1.92. The normalized spacial score (nSPS) is 12.4. The molecule has 0 fully saturated rings. The molecule has 0 saturated carbocycles. The molecule has 0 spiro atoms. The van der Waals surface area contributed by atoms with E-state index >= 15 is 0 Å². The van der Waals surface area contributed by atoms with Crippen molar-refractivity contribution in [1.82, 2.24) is 0 Å². The highest BCUT2D eigenvalue weighted by Crippen LogP contribution is 2.28. The fraction of sp³-hybridized carbons (Fsp3) is 0.200. The maximum atomic E-state index is 6.48. The Balaban J connectivity index is 2.17. The predicted octanol–water partition coefficient (Wildman–Crippen LogP) is 5.28. The highest BCUT2D eigenvalue weighted by Gasteiger charge is 2.10. The summed E-state index contributed by atoms with van der Waals surface area (Å²) in [5.74, 6) is 0. The zero-order chi connectivity index (χ0) is 12.3. The molecule has 2 rings (SSSR count). The Bertz CT molecular complexity index is 508. The van der Waals surface area contributed by atoms with E-state index in [4.69, 9.17) is 11.6 Å². The van der Waals surface area contributed by atoms with Gasteiger partial charge >= 0.3 is 0 Å². The smallest absolute Gasteiger partial charge is 0.0628 e. The van der Waals surface area contributed by atoms with E-state index in [9.17, 15) is 0 Å². The van der Waals surface area contributed by atoms with Crippen molar-refractivity contribution < 1.29 is 0 Å². The van der Waals surface area contributed by atoms with Crippen LogP contribution in [0.3, 0.4) is 0 Å². The second-order valence-corrected chi connectivity index (χ2v) is 5.60. The first-order valence-corrected chi connectivity index (χ1v) is 6.84. The summed E-state index contributed by atoms with van der Waals surface area (Å²) in [7, 11) is 0. The first kappa shape index (κ1) is 12.7. The van der Waals surface area contributed by atoms with Gasteiger partial charge in [0.15, 0.2) is 0 Å².